The Morgan fingerprint density at radius 1 is 1.44 bits per heavy atom. The van der Waals surface area contributed by atoms with Gasteiger partial charge in [0, 0.05) is 18.0 Å². The molecule has 0 bridgehead atoms. The van der Waals surface area contributed by atoms with Crippen LogP contribution < -0.4 is 10.3 Å². The van der Waals surface area contributed by atoms with Gasteiger partial charge in [-0.15, -0.1) is 0 Å². The molecular formula is C11H11N3O2. The summed E-state index contributed by atoms with van der Waals surface area (Å²) in [5, 5.41) is 0. The van der Waals surface area contributed by atoms with Crippen molar-refractivity contribution in [1.82, 2.24) is 15.0 Å². The van der Waals surface area contributed by atoms with Gasteiger partial charge < -0.3 is 9.72 Å². The molecule has 5 nitrogen and oxygen atoms in total. The number of hydrogen-bond acceptors (Lipinski definition) is 4. The first kappa shape index (κ1) is 10.4. The maximum Gasteiger partial charge on any atom is 0.251 e. The van der Waals surface area contributed by atoms with Crippen LogP contribution >= 0.6 is 0 Å². The quantitative estimate of drug-likeness (QED) is 0.834. The molecule has 2 rings (SSSR count). The Bertz CT molecular complexity index is 522. The zero-order valence-corrected chi connectivity index (χ0v) is 8.80. The van der Waals surface area contributed by atoms with E-state index in [1.54, 1.807) is 25.3 Å². The van der Waals surface area contributed by atoms with Gasteiger partial charge >= 0.3 is 0 Å². The third-order valence-electron chi connectivity index (χ3n) is 1.98. The van der Waals surface area contributed by atoms with Crippen molar-refractivity contribution in [2.24, 2.45) is 0 Å². The summed E-state index contributed by atoms with van der Waals surface area (Å²) < 4.78 is 5.44. The number of rotatable bonds is 3. The Hall–Kier alpha value is -2.17. The summed E-state index contributed by atoms with van der Waals surface area (Å²) >= 11 is 0. The van der Waals surface area contributed by atoms with Gasteiger partial charge in [-0.25, -0.2) is 9.97 Å². The summed E-state index contributed by atoms with van der Waals surface area (Å²) in [6, 6.07) is 4.94. The summed E-state index contributed by atoms with van der Waals surface area (Å²) in [6.07, 6.45) is 3.11. The van der Waals surface area contributed by atoms with Crippen LogP contribution in [0.3, 0.4) is 0 Å². The molecule has 0 aliphatic carbocycles. The first-order valence-corrected chi connectivity index (χ1v) is 4.83. The fourth-order valence-corrected chi connectivity index (χ4v) is 1.29. The second kappa shape index (κ2) is 4.57. The lowest BCUT2D eigenvalue weighted by molar-refractivity contribution is 0.300. The summed E-state index contributed by atoms with van der Waals surface area (Å²) in [5.41, 5.74) is 1.37. The number of aryl methyl sites for hydroxylation is 1. The molecule has 0 saturated heterocycles. The van der Waals surface area contributed by atoms with Crippen LogP contribution in [0.5, 0.6) is 5.75 Å². The van der Waals surface area contributed by atoms with Crippen molar-refractivity contribution in [1.29, 1.82) is 0 Å². The van der Waals surface area contributed by atoms with E-state index in [1.165, 1.54) is 12.4 Å². The number of aromatic amines is 1. The maximum absolute atomic E-state index is 11.2. The average molecular weight is 217 g/mol. The van der Waals surface area contributed by atoms with Gasteiger partial charge in [0.25, 0.3) is 5.56 Å². The Kier molecular flexibility index (Phi) is 2.95. The van der Waals surface area contributed by atoms with E-state index < -0.39 is 0 Å². The van der Waals surface area contributed by atoms with Crippen LogP contribution in [0, 0.1) is 6.92 Å². The molecular weight excluding hydrogens is 206 g/mol. The molecule has 0 atom stereocenters. The molecule has 0 fully saturated rings. The van der Waals surface area contributed by atoms with Gasteiger partial charge in [0.2, 0.25) is 0 Å². The largest absolute Gasteiger partial charge is 0.487 e. The Morgan fingerprint density at radius 3 is 3.00 bits per heavy atom. The van der Waals surface area contributed by atoms with E-state index in [2.05, 4.69) is 15.0 Å². The monoisotopic (exact) mass is 217 g/mol. The first-order valence-electron chi connectivity index (χ1n) is 4.83. The van der Waals surface area contributed by atoms with Crippen LogP contribution in [0.1, 0.15) is 11.4 Å². The molecule has 0 aliphatic rings. The highest BCUT2D eigenvalue weighted by Gasteiger charge is 1.98. The molecule has 0 saturated carbocycles. The number of nitrogens with one attached hydrogen (secondary N) is 1. The second-order valence-electron chi connectivity index (χ2n) is 3.35. The molecule has 2 aromatic rings. The van der Waals surface area contributed by atoms with Gasteiger partial charge in [-0.05, 0) is 19.1 Å². The normalized spacial score (nSPS) is 10.1. The number of nitrogens with zero attached hydrogens (tertiary/aromatic N) is 2. The van der Waals surface area contributed by atoms with Crippen LogP contribution in [0.4, 0.5) is 0 Å². The van der Waals surface area contributed by atoms with Crippen LogP contribution in [0.25, 0.3) is 0 Å². The number of ether oxygens (including phenoxy) is 1. The van der Waals surface area contributed by atoms with E-state index in [-0.39, 0.29) is 5.56 Å². The summed E-state index contributed by atoms with van der Waals surface area (Å²) in [5.74, 6) is 0.542. The lowest BCUT2D eigenvalue weighted by Crippen LogP contribution is -2.07. The van der Waals surface area contributed by atoms with Crippen molar-refractivity contribution in [3.63, 3.8) is 0 Å². The maximum atomic E-state index is 11.2. The third-order valence-corrected chi connectivity index (χ3v) is 1.98. The van der Waals surface area contributed by atoms with Crippen molar-refractivity contribution in [3.8, 4) is 5.75 Å². The molecule has 2 aromatic heterocycles. The van der Waals surface area contributed by atoms with Crippen molar-refractivity contribution in [3.05, 3.63) is 52.5 Å². The second-order valence-corrected chi connectivity index (χ2v) is 3.35. The predicted molar refractivity (Wildman–Crippen MR) is 58.2 cm³/mol. The minimum atomic E-state index is -0.169. The highest BCUT2D eigenvalue weighted by molar-refractivity contribution is 5.22. The smallest absolute Gasteiger partial charge is 0.251 e. The molecule has 0 amide bonds. The first-order chi connectivity index (χ1) is 7.74. The molecule has 0 radical (unpaired) electrons. The Labute approximate surface area is 92.2 Å². The van der Waals surface area contributed by atoms with E-state index in [9.17, 15) is 4.79 Å². The van der Waals surface area contributed by atoms with E-state index in [4.69, 9.17) is 4.74 Å². The fourth-order valence-electron chi connectivity index (χ4n) is 1.29. The SMILES string of the molecule is Cc1cc(OCc2ccncn2)cc(=O)[nH]1. The average Bonchev–Trinajstić information content (AvgIpc) is 2.27. The van der Waals surface area contributed by atoms with Gasteiger partial charge in [0.15, 0.2) is 0 Å². The Balaban J connectivity index is 2.08. The van der Waals surface area contributed by atoms with Crippen molar-refractivity contribution in [2.45, 2.75) is 13.5 Å². The molecule has 1 N–H and O–H groups in total. The number of H-pyrrole nitrogens is 1. The Morgan fingerprint density at radius 2 is 2.31 bits per heavy atom. The topological polar surface area (TPSA) is 67.9 Å². The van der Waals surface area contributed by atoms with Gasteiger partial charge in [-0.1, -0.05) is 0 Å². The van der Waals surface area contributed by atoms with E-state index >= 15 is 0 Å². The lowest BCUT2D eigenvalue weighted by Gasteiger charge is -2.05. The zero-order valence-electron chi connectivity index (χ0n) is 8.80. The lowest BCUT2D eigenvalue weighted by atomic mass is 10.3. The fraction of sp³-hybridized carbons (Fsp3) is 0.182. The zero-order chi connectivity index (χ0) is 11.4. The van der Waals surface area contributed by atoms with Crippen LogP contribution in [-0.4, -0.2) is 15.0 Å². The third kappa shape index (κ3) is 2.66. The van der Waals surface area contributed by atoms with Crippen LogP contribution in [0.2, 0.25) is 0 Å². The number of aromatic nitrogens is 3. The number of hydrogen-bond donors (Lipinski definition) is 1. The van der Waals surface area contributed by atoms with Crippen LogP contribution in [0.15, 0.2) is 35.5 Å². The van der Waals surface area contributed by atoms with Gasteiger partial charge in [-0.2, -0.15) is 0 Å². The molecule has 0 spiro atoms. The molecule has 0 unspecified atom stereocenters. The number of pyridine rings is 1. The molecule has 0 aliphatic heterocycles. The molecule has 82 valence electrons. The summed E-state index contributed by atoms with van der Waals surface area (Å²) in [7, 11) is 0. The highest BCUT2D eigenvalue weighted by atomic mass is 16.5. The van der Waals surface area contributed by atoms with Crippen molar-refractivity contribution < 1.29 is 4.74 Å². The molecule has 16 heavy (non-hydrogen) atoms. The molecule has 5 heteroatoms. The molecule has 2 heterocycles. The standard InChI is InChI=1S/C11H11N3O2/c1-8-4-10(5-11(15)14-8)16-6-9-2-3-12-7-13-9/h2-5,7H,6H2,1H3,(H,14,15). The minimum absolute atomic E-state index is 0.169. The van der Waals surface area contributed by atoms with E-state index in [0.29, 0.717) is 12.4 Å². The predicted octanol–water partition coefficient (Wildman–Crippen LogP) is 1.05. The minimum Gasteiger partial charge on any atom is -0.487 e. The van der Waals surface area contributed by atoms with Crippen molar-refractivity contribution >= 4 is 0 Å². The van der Waals surface area contributed by atoms with Gasteiger partial charge in [0.05, 0.1) is 5.69 Å². The van der Waals surface area contributed by atoms with Gasteiger partial charge in [-0.3, -0.25) is 4.79 Å². The van der Waals surface area contributed by atoms with Gasteiger partial charge in [0.1, 0.15) is 18.7 Å². The van der Waals surface area contributed by atoms with E-state index in [1.807, 2.05) is 0 Å². The summed E-state index contributed by atoms with van der Waals surface area (Å²) in [6.45, 7) is 2.13. The van der Waals surface area contributed by atoms with Crippen LogP contribution in [-0.2, 0) is 6.61 Å². The van der Waals surface area contributed by atoms with E-state index in [0.717, 1.165) is 11.4 Å². The highest BCUT2D eigenvalue weighted by Crippen LogP contribution is 2.09. The van der Waals surface area contributed by atoms with Crippen molar-refractivity contribution in [2.75, 3.05) is 0 Å². The summed E-state index contributed by atoms with van der Waals surface area (Å²) in [4.78, 5) is 21.6. The molecule has 0 aromatic carbocycles.